The van der Waals surface area contributed by atoms with Gasteiger partial charge in [0.1, 0.15) is 0 Å². The van der Waals surface area contributed by atoms with Crippen LogP contribution in [0.4, 0.5) is 5.69 Å². The van der Waals surface area contributed by atoms with Crippen LogP contribution in [-0.2, 0) is 28.6 Å². The molecule has 3 aliphatic carbocycles. The molecule has 4 unspecified atom stereocenters. The average Bonchev–Trinajstić information content (AvgIpc) is 2.95. The predicted molar refractivity (Wildman–Crippen MR) is 90.0 cm³/mol. The summed E-state index contributed by atoms with van der Waals surface area (Å²) in [6.07, 6.45) is 3.26. The van der Waals surface area contributed by atoms with Gasteiger partial charge >= 0.3 is 0 Å². The zero-order chi connectivity index (χ0) is 18.7. The van der Waals surface area contributed by atoms with Crippen LogP contribution < -0.4 is 4.90 Å². The Hall–Kier alpha value is -2.35. The second-order valence-electron chi connectivity index (χ2n) is 6.62. The van der Waals surface area contributed by atoms with Crippen molar-refractivity contribution in [3.8, 4) is 0 Å². The second kappa shape index (κ2) is 5.57. The van der Waals surface area contributed by atoms with E-state index in [0.717, 1.165) is 4.90 Å². The molecule has 136 valence electrons. The van der Waals surface area contributed by atoms with E-state index in [1.807, 2.05) is 0 Å². The van der Waals surface area contributed by atoms with E-state index in [1.54, 1.807) is 42.5 Å². The van der Waals surface area contributed by atoms with E-state index in [2.05, 4.69) is 0 Å². The summed E-state index contributed by atoms with van der Waals surface area (Å²) in [5.74, 6) is -5.56. The van der Waals surface area contributed by atoms with Crippen molar-refractivity contribution in [1.29, 1.82) is 0 Å². The maximum Gasteiger partial charge on any atom is 0.263 e. The predicted octanol–water partition coefficient (Wildman–Crippen LogP) is 0.935. The molecule has 0 spiro atoms. The first-order valence-corrected chi connectivity index (χ1v) is 8.31. The van der Waals surface area contributed by atoms with Crippen LogP contribution in [0.25, 0.3) is 0 Å². The zero-order valence-corrected chi connectivity index (χ0v) is 14.7. The fraction of sp³-hybridized carbons (Fsp3) is 0.421. The number of carbonyl (C=O) groups excluding carboxylic acids is 3. The third kappa shape index (κ3) is 1.70. The van der Waals surface area contributed by atoms with Gasteiger partial charge in [-0.1, -0.05) is 24.3 Å². The topological polar surface area (TPSA) is 82.1 Å². The summed E-state index contributed by atoms with van der Waals surface area (Å²) in [4.78, 5) is 40.7. The minimum absolute atomic E-state index is 0.406. The molecule has 7 heteroatoms. The van der Waals surface area contributed by atoms with Crippen molar-refractivity contribution < 1.29 is 28.6 Å². The number of benzene rings is 1. The van der Waals surface area contributed by atoms with Crippen molar-refractivity contribution in [3.05, 3.63) is 42.5 Å². The van der Waals surface area contributed by atoms with Crippen LogP contribution >= 0.6 is 0 Å². The molecule has 2 fully saturated rings. The van der Waals surface area contributed by atoms with Gasteiger partial charge < -0.3 is 14.2 Å². The molecule has 1 aliphatic heterocycles. The first-order chi connectivity index (χ1) is 12.5. The minimum Gasteiger partial charge on any atom is -0.367 e. The second-order valence-corrected chi connectivity index (χ2v) is 6.62. The third-order valence-corrected chi connectivity index (χ3v) is 5.82. The van der Waals surface area contributed by atoms with E-state index in [1.165, 1.54) is 21.3 Å². The number of nitrogens with zero attached hydrogens (tertiary/aromatic N) is 1. The van der Waals surface area contributed by atoms with Crippen molar-refractivity contribution in [2.24, 2.45) is 17.8 Å². The van der Waals surface area contributed by atoms with E-state index in [9.17, 15) is 14.4 Å². The Morgan fingerprint density at radius 1 is 0.923 bits per heavy atom. The van der Waals surface area contributed by atoms with Gasteiger partial charge in [0.15, 0.2) is 5.60 Å². The number of ketones is 1. The number of ether oxygens (including phenoxy) is 3. The lowest BCUT2D eigenvalue weighted by Gasteiger charge is -2.55. The summed E-state index contributed by atoms with van der Waals surface area (Å²) >= 11 is 0. The molecule has 1 aromatic carbocycles. The van der Waals surface area contributed by atoms with Gasteiger partial charge in [0.05, 0.1) is 23.4 Å². The number of allylic oxidation sites excluding steroid dienone is 1. The van der Waals surface area contributed by atoms with Crippen LogP contribution in [0, 0.1) is 17.8 Å². The number of fused-ring (bicyclic) bond motifs is 1. The Kier molecular flexibility index (Phi) is 3.66. The SMILES string of the molecule is COC1(OC)C(=O)C2C=CC1(OC)C1C(=O)N(c3ccccc3)C(=O)C21. The van der Waals surface area contributed by atoms with Crippen molar-refractivity contribution in [2.75, 3.05) is 26.2 Å². The Balaban J connectivity index is 1.91. The Bertz CT molecular complexity index is 815. The first-order valence-electron chi connectivity index (χ1n) is 8.31. The maximum absolute atomic E-state index is 13.3. The van der Waals surface area contributed by atoms with Crippen molar-refractivity contribution in [2.45, 2.75) is 11.4 Å². The lowest BCUT2D eigenvalue weighted by molar-refractivity contribution is -0.302. The quantitative estimate of drug-likeness (QED) is 0.453. The van der Waals surface area contributed by atoms with Crippen LogP contribution in [0.1, 0.15) is 0 Å². The number of amides is 2. The number of carbonyl (C=O) groups is 3. The molecule has 4 aliphatic rings. The fourth-order valence-corrected chi connectivity index (χ4v) is 4.72. The van der Waals surface area contributed by atoms with Gasteiger partial charge in [0, 0.05) is 21.3 Å². The monoisotopic (exact) mass is 357 g/mol. The summed E-state index contributed by atoms with van der Waals surface area (Å²) in [6.45, 7) is 0. The molecule has 0 aromatic heterocycles. The van der Waals surface area contributed by atoms with Crippen LogP contribution in [0.2, 0.25) is 0 Å². The highest BCUT2D eigenvalue weighted by Gasteiger charge is 2.77. The first kappa shape index (κ1) is 17.1. The number of rotatable bonds is 4. The summed E-state index contributed by atoms with van der Waals surface area (Å²) in [5, 5.41) is 0. The van der Waals surface area contributed by atoms with E-state index in [4.69, 9.17) is 14.2 Å². The minimum atomic E-state index is -1.77. The summed E-state index contributed by atoms with van der Waals surface area (Å²) in [5.41, 5.74) is -1.04. The van der Waals surface area contributed by atoms with Crippen LogP contribution in [0.3, 0.4) is 0 Å². The Morgan fingerprint density at radius 3 is 2.15 bits per heavy atom. The number of anilines is 1. The van der Waals surface area contributed by atoms with Gasteiger partial charge in [-0.15, -0.1) is 0 Å². The lowest BCUT2D eigenvalue weighted by Crippen LogP contribution is -2.74. The summed E-state index contributed by atoms with van der Waals surface area (Å²) in [7, 11) is 4.06. The largest absolute Gasteiger partial charge is 0.367 e. The number of Topliss-reactive ketones (excluding diaryl/α,β-unsaturated/α-hetero) is 1. The molecule has 1 aromatic rings. The van der Waals surface area contributed by atoms with Crippen molar-refractivity contribution in [3.63, 3.8) is 0 Å². The highest BCUT2D eigenvalue weighted by molar-refractivity contribution is 6.25. The molecule has 2 amide bonds. The van der Waals surface area contributed by atoms with Gasteiger partial charge in [0.25, 0.3) is 5.79 Å². The molecule has 7 nitrogen and oxygen atoms in total. The lowest BCUT2D eigenvalue weighted by atomic mass is 9.56. The molecule has 2 bridgehead atoms. The molecule has 5 rings (SSSR count). The number of methoxy groups -OCH3 is 3. The van der Waals surface area contributed by atoms with E-state index < -0.39 is 46.7 Å². The third-order valence-electron chi connectivity index (χ3n) is 5.82. The molecular formula is C19H19NO6. The normalized spacial score (nSPS) is 34.5. The number of hydrogen-bond donors (Lipinski definition) is 0. The highest BCUT2D eigenvalue weighted by atomic mass is 16.7. The van der Waals surface area contributed by atoms with Crippen molar-refractivity contribution >= 4 is 23.3 Å². The van der Waals surface area contributed by atoms with Crippen LogP contribution in [-0.4, -0.2) is 50.3 Å². The highest BCUT2D eigenvalue weighted by Crippen LogP contribution is 2.57. The Labute approximate surface area is 150 Å². The van der Waals surface area contributed by atoms with Gasteiger partial charge in [-0.2, -0.15) is 0 Å². The van der Waals surface area contributed by atoms with Crippen molar-refractivity contribution in [1.82, 2.24) is 0 Å². The van der Waals surface area contributed by atoms with Crippen LogP contribution in [0.15, 0.2) is 42.5 Å². The Morgan fingerprint density at radius 2 is 1.58 bits per heavy atom. The van der Waals surface area contributed by atoms with Crippen LogP contribution in [0.5, 0.6) is 0 Å². The van der Waals surface area contributed by atoms with Gasteiger partial charge in [-0.05, 0) is 18.2 Å². The molecule has 1 heterocycles. The molecular weight excluding hydrogens is 338 g/mol. The summed E-state index contributed by atoms with van der Waals surface area (Å²) in [6, 6.07) is 8.66. The molecule has 0 N–H and O–H groups in total. The maximum atomic E-state index is 13.3. The zero-order valence-electron chi connectivity index (χ0n) is 14.7. The molecule has 26 heavy (non-hydrogen) atoms. The average molecular weight is 357 g/mol. The van der Waals surface area contributed by atoms with Gasteiger partial charge in [0.2, 0.25) is 17.6 Å². The number of imide groups is 1. The fourth-order valence-electron chi connectivity index (χ4n) is 4.72. The standard InChI is InChI=1S/C19H19NO6/c1-24-18-10-9-12(15(21)19(18,25-2)26-3)13-14(18)17(23)20(16(13)22)11-7-5-4-6-8-11/h4-10,12-14H,1-3H3. The number of para-hydroxylation sites is 1. The van der Waals surface area contributed by atoms with Gasteiger partial charge in [-0.25, -0.2) is 4.90 Å². The van der Waals surface area contributed by atoms with E-state index in [-0.39, 0.29) is 0 Å². The summed E-state index contributed by atoms with van der Waals surface area (Å²) < 4.78 is 16.6. The molecule has 4 atom stereocenters. The molecule has 1 saturated carbocycles. The molecule has 0 radical (unpaired) electrons. The van der Waals surface area contributed by atoms with E-state index in [0.29, 0.717) is 5.69 Å². The molecule has 1 saturated heterocycles. The van der Waals surface area contributed by atoms with E-state index >= 15 is 0 Å². The number of hydrogen-bond acceptors (Lipinski definition) is 6. The smallest absolute Gasteiger partial charge is 0.263 e. The van der Waals surface area contributed by atoms with Gasteiger partial charge in [-0.3, -0.25) is 14.4 Å².